The average Bonchev–Trinajstić information content (AvgIpc) is 3.23. The van der Waals surface area contributed by atoms with E-state index in [-0.39, 0.29) is 17.2 Å². The molecule has 4 aromatic rings. The fourth-order valence-electron chi connectivity index (χ4n) is 2.95. The molecule has 8 nitrogen and oxygen atoms in total. The van der Waals surface area contributed by atoms with E-state index in [1.54, 1.807) is 36.7 Å². The van der Waals surface area contributed by atoms with Gasteiger partial charge in [-0.15, -0.1) is 5.10 Å². The first kappa shape index (κ1) is 21.5. The molecule has 0 aliphatic heterocycles. The number of rotatable bonds is 7. The van der Waals surface area contributed by atoms with Crippen molar-refractivity contribution in [2.75, 3.05) is 11.1 Å². The van der Waals surface area contributed by atoms with Crippen LogP contribution in [0.4, 0.5) is 5.69 Å². The van der Waals surface area contributed by atoms with Gasteiger partial charge in [0.1, 0.15) is 5.69 Å². The number of thioether (sulfide) groups is 1. The number of carboxylic acid groups (broad SMARTS) is 1. The molecule has 0 aliphatic carbocycles. The van der Waals surface area contributed by atoms with E-state index in [1.165, 1.54) is 23.9 Å². The number of carbonyl (C=O) groups is 2. The summed E-state index contributed by atoms with van der Waals surface area (Å²) in [5, 5.41) is 20.4. The van der Waals surface area contributed by atoms with Crippen LogP contribution in [0, 0.1) is 0 Å². The summed E-state index contributed by atoms with van der Waals surface area (Å²) in [5.41, 5.74) is 2.40. The smallest absolute Gasteiger partial charge is 0.342 e. The van der Waals surface area contributed by atoms with E-state index in [9.17, 15) is 9.59 Å². The van der Waals surface area contributed by atoms with Crippen molar-refractivity contribution in [1.29, 1.82) is 0 Å². The Bertz CT molecular complexity index is 1250. The Balaban J connectivity index is 1.54. The first-order valence-corrected chi connectivity index (χ1v) is 10.8. The maximum Gasteiger partial charge on any atom is 0.342 e. The summed E-state index contributed by atoms with van der Waals surface area (Å²) in [4.78, 5) is 27.5. The largest absolute Gasteiger partial charge is 0.478 e. The number of pyridine rings is 1. The molecular weight excluding hydrogens is 450 g/mol. The molecule has 0 radical (unpaired) electrons. The third-order valence-electron chi connectivity index (χ3n) is 4.46. The number of H-pyrrole nitrogens is 1. The highest BCUT2D eigenvalue weighted by molar-refractivity contribution is 7.99. The number of amides is 1. The minimum Gasteiger partial charge on any atom is -0.478 e. The third-order valence-corrected chi connectivity index (χ3v) is 5.65. The standard InChI is InChI=1S/C22H16ClN5O3S/c23-16-3-7-18(8-4-16)28-20(14-9-11-24-12-10-14)26-27-22(28)32-13-19(29)25-17-5-1-15(2-6-17)21(30)31/h1-12H,13H2,(H2,25,29,30,31)/p+1. The van der Waals surface area contributed by atoms with Crippen LogP contribution in [0.2, 0.25) is 5.02 Å². The van der Waals surface area contributed by atoms with Gasteiger partial charge in [0.2, 0.25) is 5.91 Å². The SMILES string of the molecule is O=C(CSc1n[nH]c(-c2ccncc2)[n+]1-c1ccc(Cl)cc1)Nc1ccc(C(=O)O)cc1. The molecule has 32 heavy (non-hydrogen) atoms. The Hall–Kier alpha value is -3.69. The quantitative estimate of drug-likeness (QED) is 0.282. The van der Waals surface area contributed by atoms with Crippen LogP contribution in [0.1, 0.15) is 10.4 Å². The number of carbonyl (C=O) groups excluding carboxylic acids is 1. The van der Waals surface area contributed by atoms with Crippen LogP contribution in [-0.2, 0) is 4.79 Å². The van der Waals surface area contributed by atoms with Crippen LogP contribution in [0.5, 0.6) is 0 Å². The van der Waals surface area contributed by atoms with Gasteiger partial charge in [0.05, 0.1) is 22.0 Å². The van der Waals surface area contributed by atoms with Gasteiger partial charge in [-0.1, -0.05) is 11.6 Å². The number of hydrogen-bond donors (Lipinski definition) is 3. The number of aromatic amines is 1. The van der Waals surface area contributed by atoms with Crippen LogP contribution >= 0.6 is 23.4 Å². The van der Waals surface area contributed by atoms with Crippen molar-refractivity contribution < 1.29 is 19.3 Å². The molecule has 0 saturated heterocycles. The molecule has 0 spiro atoms. The predicted octanol–water partition coefficient (Wildman–Crippen LogP) is 3.83. The number of nitrogens with zero attached hydrogens (tertiary/aromatic N) is 3. The Morgan fingerprint density at radius 1 is 1.03 bits per heavy atom. The van der Waals surface area contributed by atoms with E-state index in [4.69, 9.17) is 16.7 Å². The third kappa shape index (κ3) is 4.96. The molecule has 2 aromatic heterocycles. The van der Waals surface area contributed by atoms with Gasteiger partial charge in [0.25, 0.3) is 5.82 Å². The second-order valence-corrected chi connectivity index (χ2v) is 8.00. The zero-order chi connectivity index (χ0) is 22.5. The van der Waals surface area contributed by atoms with E-state index in [2.05, 4.69) is 20.5 Å². The lowest BCUT2D eigenvalue weighted by molar-refractivity contribution is -0.625. The van der Waals surface area contributed by atoms with Crippen molar-refractivity contribution in [2.24, 2.45) is 0 Å². The number of anilines is 1. The van der Waals surface area contributed by atoms with E-state index in [1.807, 2.05) is 28.8 Å². The van der Waals surface area contributed by atoms with Gasteiger partial charge < -0.3 is 10.4 Å². The second kappa shape index (κ2) is 9.63. The van der Waals surface area contributed by atoms with Crippen molar-refractivity contribution in [1.82, 2.24) is 15.2 Å². The molecule has 2 aromatic carbocycles. The maximum absolute atomic E-state index is 12.5. The number of nitrogens with one attached hydrogen (secondary N) is 2. The number of aromatic carboxylic acids is 1. The number of carboxylic acids is 1. The first-order valence-electron chi connectivity index (χ1n) is 9.44. The van der Waals surface area contributed by atoms with Crippen LogP contribution < -0.4 is 9.88 Å². The zero-order valence-electron chi connectivity index (χ0n) is 16.5. The van der Waals surface area contributed by atoms with Crippen LogP contribution in [0.25, 0.3) is 17.1 Å². The summed E-state index contributed by atoms with van der Waals surface area (Å²) in [5.74, 6) is -0.417. The lowest BCUT2D eigenvalue weighted by Crippen LogP contribution is -2.34. The monoisotopic (exact) mass is 466 g/mol. The van der Waals surface area contributed by atoms with Crippen LogP contribution in [-0.4, -0.2) is 37.9 Å². The molecule has 10 heteroatoms. The van der Waals surface area contributed by atoms with Crippen molar-refractivity contribution in [3.63, 3.8) is 0 Å². The predicted molar refractivity (Wildman–Crippen MR) is 121 cm³/mol. The van der Waals surface area contributed by atoms with Crippen molar-refractivity contribution in [2.45, 2.75) is 5.16 Å². The molecule has 160 valence electrons. The summed E-state index contributed by atoms with van der Waals surface area (Å²) >= 11 is 7.31. The molecule has 0 aliphatic rings. The van der Waals surface area contributed by atoms with Crippen molar-refractivity contribution in [3.05, 3.63) is 83.6 Å². The van der Waals surface area contributed by atoms with Crippen molar-refractivity contribution >= 4 is 40.9 Å². The van der Waals surface area contributed by atoms with E-state index in [0.717, 1.165) is 17.1 Å². The normalized spacial score (nSPS) is 10.7. The average molecular weight is 467 g/mol. The van der Waals surface area contributed by atoms with Gasteiger partial charge >= 0.3 is 11.1 Å². The topological polar surface area (TPSA) is 112 Å². The summed E-state index contributed by atoms with van der Waals surface area (Å²) in [6.07, 6.45) is 3.39. The van der Waals surface area contributed by atoms with E-state index >= 15 is 0 Å². The van der Waals surface area contributed by atoms with Gasteiger partial charge in [-0.25, -0.2) is 4.79 Å². The molecule has 3 N–H and O–H groups in total. The molecular formula is C22H17ClN5O3S+. The van der Waals surface area contributed by atoms with Gasteiger partial charge in [0.15, 0.2) is 0 Å². The fourth-order valence-corrected chi connectivity index (χ4v) is 3.84. The molecule has 4 rings (SSSR count). The second-order valence-electron chi connectivity index (χ2n) is 6.62. The Morgan fingerprint density at radius 2 is 1.72 bits per heavy atom. The lowest BCUT2D eigenvalue weighted by atomic mass is 10.2. The van der Waals surface area contributed by atoms with E-state index in [0.29, 0.717) is 15.9 Å². The highest BCUT2D eigenvalue weighted by atomic mass is 35.5. The van der Waals surface area contributed by atoms with Gasteiger partial charge in [-0.2, -0.15) is 4.57 Å². The fraction of sp³-hybridized carbons (Fsp3) is 0.0455. The van der Waals surface area contributed by atoms with E-state index < -0.39 is 5.97 Å². The van der Waals surface area contributed by atoms with Gasteiger partial charge in [0, 0.05) is 23.1 Å². The number of aromatic nitrogens is 4. The molecule has 0 bridgehead atoms. The highest BCUT2D eigenvalue weighted by Gasteiger charge is 2.24. The Kier molecular flexibility index (Phi) is 6.48. The molecule has 0 fully saturated rings. The zero-order valence-corrected chi connectivity index (χ0v) is 18.1. The van der Waals surface area contributed by atoms with Crippen LogP contribution in [0.3, 0.4) is 0 Å². The number of hydrogen-bond acceptors (Lipinski definition) is 5. The van der Waals surface area contributed by atoms with Gasteiger partial charge in [-0.3, -0.25) is 9.78 Å². The molecule has 2 heterocycles. The molecule has 1 amide bonds. The summed E-state index contributed by atoms with van der Waals surface area (Å²) < 4.78 is 1.91. The first-order chi connectivity index (χ1) is 15.5. The minimum atomic E-state index is -1.02. The number of benzene rings is 2. The molecule has 0 unspecified atom stereocenters. The Morgan fingerprint density at radius 3 is 2.38 bits per heavy atom. The Labute approximate surface area is 192 Å². The lowest BCUT2D eigenvalue weighted by Gasteiger charge is -2.06. The minimum absolute atomic E-state index is 0.106. The highest BCUT2D eigenvalue weighted by Crippen LogP contribution is 2.21. The van der Waals surface area contributed by atoms with Gasteiger partial charge in [-0.05, 0) is 72.4 Å². The summed E-state index contributed by atoms with van der Waals surface area (Å²) in [7, 11) is 0. The molecule has 0 atom stereocenters. The maximum atomic E-state index is 12.5. The molecule has 0 saturated carbocycles. The van der Waals surface area contributed by atoms with Crippen molar-refractivity contribution in [3.8, 4) is 17.1 Å². The van der Waals surface area contributed by atoms with Crippen LogP contribution in [0.15, 0.2) is 78.2 Å². The number of halogens is 1. The summed E-state index contributed by atoms with van der Waals surface area (Å²) in [6.45, 7) is 0. The summed E-state index contributed by atoms with van der Waals surface area (Å²) in [6, 6.07) is 17.0.